The number of aryl methyl sites for hydroxylation is 1. The Morgan fingerprint density at radius 3 is 2.72 bits per heavy atom. The molecule has 0 radical (unpaired) electrons. The van der Waals surface area contributed by atoms with Gasteiger partial charge in [0.1, 0.15) is 11.3 Å². The van der Waals surface area contributed by atoms with Crippen molar-refractivity contribution in [2.75, 3.05) is 0 Å². The number of nitrogens with zero attached hydrogens (tertiary/aromatic N) is 1. The lowest BCUT2D eigenvalue weighted by Gasteiger charge is -2.10. The van der Waals surface area contributed by atoms with Gasteiger partial charge < -0.3 is 9.84 Å². The highest BCUT2D eigenvalue weighted by Gasteiger charge is 2.14. The first-order valence-electron chi connectivity index (χ1n) is 5.20. The van der Waals surface area contributed by atoms with Gasteiger partial charge in [-0.1, -0.05) is 23.7 Å². The smallest absolute Gasteiger partial charge is 0.339 e. The highest BCUT2D eigenvalue weighted by Crippen LogP contribution is 2.28. The van der Waals surface area contributed by atoms with E-state index in [1.807, 2.05) is 0 Å². The molecule has 1 N–H and O–H groups in total. The molecule has 0 fully saturated rings. The second kappa shape index (κ2) is 5.06. The Hall–Kier alpha value is -2.07. The van der Waals surface area contributed by atoms with Crippen molar-refractivity contribution in [2.45, 2.75) is 6.92 Å². The summed E-state index contributed by atoms with van der Waals surface area (Å²) in [6, 6.07) is 8.14. The van der Waals surface area contributed by atoms with Crippen molar-refractivity contribution >= 4 is 17.6 Å². The number of carboxylic acid groups (broad SMARTS) is 1. The number of halogens is 1. The van der Waals surface area contributed by atoms with Crippen LogP contribution in [0.25, 0.3) is 0 Å². The van der Waals surface area contributed by atoms with Crippen LogP contribution < -0.4 is 4.74 Å². The Balaban J connectivity index is 2.39. The number of hydrogen-bond acceptors (Lipinski definition) is 3. The molecule has 1 aromatic heterocycles. The van der Waals surface area contributed by atoms with Gasteiger partial charge in [-0.05, 0) is 24.6 Å². The fourth-order valence-electron chi connectivity index (χ4n) is 1.48. The molecule has 0 bridgehead atoms. The molecule has 4 nitrogen and oxygen atoms in total. The van der Waals surface area contributed by atoms with E-state index in [0.29, 0.717) is 16.7 Å². The molecule has 5 heteroatoms. The lowest BCUT2D eigenvalue weighted by molar-refractivity contribution is 0.0694. The van der Waals surface area contributed by atoms with E-state index in [9.17, 15) is 4.79 Å². The first-order valence-corrected chi connectivity index (χ1v) is 5.58. The Morgan fingerprint density at radius 2 is 2.11 bits per heavy atom. The van der Waals surface area contributed by atoms with E-state index in [1.165, 1.54) is 12.3 Å². The van der Waals surface area contributed by atoms with Crippen molar-refractivity contribution < 1.29 is 14.6 Å². The van der Waals surface area contributed by atoms with Crippen LogP contribution in [0, 0.1) is 6.92 Å². The summed E-state index contributed by atoms with van der Waals surface area (Å²) in [6.45, 7) is 1.78. The van der Waals surface area contributed by atoms with Gasteiger partial charge in [-0.2, -0.15) is 0 Å². The van der Waals surface area contributed by atoms with Crippen LogP contribution in [0.1, 0.15) is 15.9 Å². The summed E-state index contributed by atoms with van der Waals surface area (Å²) in [6.07, 6.45) is 1.44. The third-order valence-electron chi connectivity index (χ3n) is 2.35. The minimum atomic E-state index is -1.04. The van der Waals surface area contributed by atoms with Crippen LogP contribution in [0.15, 0.2) is 36.5 Å². The number of para-hydroxylation sites is 1. The van der Waals surface area contributed by atoms with Gasteiger partial charge in [0.15, 0.2) is 0 Å². The molecule has 0 aliphatic heterocycles. The van der Waals surface area contributed by atoms with E-state index < -0.39 is 5.97 Å². The molecular formula is C13H10ClNO3. The molecule has 0 saturated carbocycles. The van der Waals surface area contributed by atoms with Crippen LogP contribution >= 0.6 is 11.6 Å². The molecule has 1 aromatic carbocycles. The number of ether oxygens (including phenoxy) is 1. The molecule has 0 atom stereocenters. The molecule has 0 saturated heterocycles. The second-order valence-electron chi connectivity index (χ2n) is 3.67. The first-order chi connectivity index (χ1) is 8.58. The second-order valence-corrected chi connectivity index (χ2v) is 4.11. The summed E-state index contributed by atoms with van der Waals surface area (Å²) in [4.78, 5) is 15.1. The fraction of sp³-hybridized carbons (Fsp3) is 0.0769. The van der Waals surface area contributed by atoms with E-state index >= 15 is 0 Å². The van der Waals surface area contributed by atoms with Crippen molar-refractivity contribution in [2.24, 2.45) is 0 Å². The number of aromatic carboxylic acids is 1. The Bertz CT molecular complexity index is 581. The van der Waals surface area contributed by atoms with Gasteiger partial charge in [0.2, 0.25) is 5.88 Å². The average Bonchev–Trinajstić information content (AvgIpc) is 2.34. The third kappa shape index (κ3) is 2.60. The summed E-state index contributed by atoms with van der Waals surface area (Å²) in [5, 5.41) is 9.58. The molecule has 0 unspecified atom stereocenters. The number of carbonyl (C=O) groups is 1. The zero-order valence-corrected chi connectivity index (χ0v) is 10.3. The van der Waals surface area contributed by atoms with Crippen LogP contribution in [-0.2, 0) is 0 Å². The summed E-state index contributed by atoms with van der Waals surface area (Å²) < 4.78 is 5.51. The van der Waals surface area contributed by atoms with Crippen LogP contribution in [0.5, 0.6) is 11.6 Å². The molecule has 0 amide bonds. The summed E-state index contributed by atoms with van der Waals surface area (Å²) in [5.74, 6) is -0.446. The SMILES string of the molecule is Cc1cccc(C(=O)O)c1Oc1ccc(Cl)cn1. The molecule has 18 heavy (non-hydrogen) atoms. The number of hydrogen-bond donors (Lipinski definition) is 1. The topological polar surface area (TPSA) is 59.4 Å². The highest BCUT2D eigenvalue weighted by molar-refractivity contribution is 6.30. The van der Waals surface area contributed by atoms with Gasteiger partial charge in [0.05, 0.1) is 5.02 Å². The number of carboxylic acids is 1. The maximum Gasteiger partial charge on any atom is 0.339 e. The largest absolute Gasteiger partial charge is 0.478 e. The van der Waals surface area contributed by atoms with Crippen molar-refractivity contribution in [3.63, 3.8) is 0 Å². The Labute approximate surface area is 109 Å². The quantitative estimate of drug-likeness (QED) is 0.920. The maximum atomic E-state index is 11.1. The zero-order valence-electron chi connectivity index (χ0n) is 9.55. The summed E-state index contributed by atoms with van der Waals surface area (Å²) >= 11 is 5.72. The fourth-order valence-corrected chi connectivity index (χ4v) is 1.60. The van der Waals surface area contributed by atoms with E-state index in [1.54, 1.807) is 31.2 Å². The van der Waals surface area contributed by atoms with Crippen molar-refractivity contribution in [3.8, 4) is 11.6 Å². The monoisotopic (exact) mass is 263 g/mol. The third-order valence-corrected chi connectivity index (χ3v) is 2.57. The molecule has 0 spiro atoms. The lowest BCUT2D eigenvalue weighted by Crippen LogP contribution is -2.02. The normalized spacial score (nSPS) is 10.1. The Morgan fingerprint density at radius 1 is 1.33 bits per heavy atom. The zero-order chi connectivity index (χ0) is 13.1. The van der Waals surface area contributed by atoms with Gasteiger partial charge in [0, 0.05) is 12.3 Å². The van der Waals surface area contributed by atoms with E-state index in [-0.39, 0.29) is 5.56 Å². The lowest BCUT2D eigenvalue weighted by atomic mass is 10.1. The molecule has 1 heterocycles. The van der Waals surface area contributed by atoms with Gasteiger partial charge in [-0.15, -0.1) is 0 Å². The molecule has 0 aliphatic rings. The number of benzene rings is 1. The summed E-state index contributed by atoms with van der Waals surface area (Å²) in [7, 11) is 0. The van der Waals surface area contributed by atoms with Gasteiger partial charge >= 0.3 is 5.97 Å². The highest BCUT2D eigenvalue weighted by atomic mass is 35.5. The Kier molecular flexibility index (Phi) is 3.48. The molecule has 2 rings (SSSR count). The van der Waals surface area contributed by atoms with E-state index in [4.69, 9.17) is 21.4 Å². The first kappa shape index (κ1) is 12.4. The number of aromatic nitrogens is 1. The predicted octanol–water partition coefficient (Wildman–Crippen LogP) is 3.53. The minimum Gasteiger partial charge on any atom is -0.478 e. The number of rotatable bonds is 3. The maximum absolute atomic E-state index is 11.1. The molecule has 92 valence electrons. The van der Waals surface area contributed by atoms with Crippen LogP contribution in [0.3, 0.4) is 0 Å². The summed E-state index contributed by atoms with van der Waals surface area (Å²) in [5.41, 5.74) is 0.832. The van der Waals surface area contributed by atoms with E-state index in [0.717, 1.165) is 5.56 Å². The standard InChI is InChI=1S/C13H10ClNO3/c1-8-3-2-4-10(13(16)17)12(8)18-11-6-5-9(14)7-15-11/h2-7H,1H3,(H,16,17). The van der Waals surface area contributed by atoms with Gasteiger partial charge in [-0.3, -0.25) is 0 Å². The van der Waals surface area contributed by atoms with Gasteiger partial charge in [-0.25, -0.2) is 9.78 Å². The van der Waals surface area contributed by atoms with E-state index in [2.05, 4.69) is 4.98 Å². The molecule has 2 aromatic rings. The van der Waals surface area contributed by atoms with Crippen molar-refractivity contribution in [1.29, 1.82) is 0 Å². The molecular weight excluding hydrogens is 254 g/mol. The van der Waals surface area contributed by atoms with Crippen LogP contribution in [-0.4, -0.2) is 16.1 Å². The van der Waals surface area contributed by atoms with Crippen LogP contribution in [0.4, 0.5) is 0 Å². The number of pyridine rings is 1. The average molecular weight is 264 g/mol. The molecule has 0 aliphatic carbocycles. The minimum absolute atomic E-state index is 0.103. The predicted molar refractivity (Wildman–Crippen MR) is 67.5 cm³/mol. The van der Waals surface area contributed by atoms with Crippen molar-refractivity contribution in [1.82, 2.24) is 4.98 Å². The van der Waals surface area contributed by atoms with Crippen molar-refractivity contribution in [3.05, 3.63) is 52.7 Å². The van der Waals surface area contributed by atoms with Crippen LogP contribution in [0.2, 0.25) is 5.02 Å². The van der Waals surface area contributed by atoms with Gasteiger partial charge in [0.25, 0.3) is 0 Å².